The average molecular weight is 277 g/mol. The number of nitrogens with two attached hydrogens (primary N) is 1. The van der Waals surface area contributed by atoms with Crippen LogP contribution in [0, 0.1) is 22.0 Å². The molecule has 108 valence electrons. The average Bonchev–Trinajstić information content (AvgIpc) is 2.93. The zero-order chi connectivity index (χ0) is 14.5. The Kier molecular flexibility index (Phi) is 4.68. The molecular weight excluding hydrogens is 258 g/mol. The molecule has 20 heavy (non-hydrogen) atoms. The zero-order valence-electron chi connectivity index (χ0n) is 11.2. The molecule has 1 aliphatic rings. The van der Waals surface area contributed by atoms with Crippen LogP contribution in [0.1, 0.15) is 24.8 Å². The van der Waals surface area contributed by atoms with E-state index in [1.54, 1.807) is 12.1 Å². The largest absolute Gasteiger partial charge is 0.352 e. The molecule has 0 saturated heterocycles. The van der Waals surface area contributed by atoms with Gasteiger partial charge in [-0.15, -0.1) is 0 Å². The van der Waals surface area contributed by atoms with Crippen LogP contribution in [0.2, 0.25) is 0 Å². The minimum absolute atomic E-state index is 0.0121. The molecule has 2 rings (SSSR count). The van der Waals surface area contributed by atoms with Gasteiger partial charge in [-0.2, -0.15) is 0 Å². The monoisotopic (exact) mass is 277 g/mol. The first-order chi connectivity index (χ1) is 9.61. The van der Waals surface area contributed by atoms with Crippen LogP contribution < -0.4 is 11.1 Å². The smallest absolute Gasteiger partial charge is 0.269 e. The summed E-state index contributed by atoms with van der Waals surface area (Å²) in [7, 11) is 0. The third-order valence-corrected chi connectivity index (χ3v) is 3.91. The fraction of sp³-hybridized carbons (Fsp3) is 0.500. The van der Waals surface area contributed by atoms with Gasteiger partial charge >= 0.3 is 0 Å². The number of carbonyl (C=O) groups excluding carboxylic acids is 1. The molecule has 1 aliphatic carbocycles. The van der Waals surface area contributed by atoms with E-state index in [2.05, 4.69) is 5.32 Å². The zero-order valence-corrected chi connectivity index (χ0v) is 11.2. The van der Waals surface area contributed by atoms with Crippen LogP contribution in [0.3, 0.4) is 0 Å². The molecule has 1 aromatic carbocycles. The Bertz CT molecular complexity index is 487. The van der Waals surface area contributed by atoms with Gasteiger partial charge in [0.25, 0.3) is 5.69 Å². The fourth-order valence-corrected chi connectivity index (χ4v) is 2.72. The number of benzene rings is 1. The third-order valence-electron chi connectivity index (χ3n) is 3.91. The molecular formula is C14H19N3O3. The molecule has 0 heterocycles. The van der Waals surface area contributed by atoms with Gasteiger partial charge in [-0.05, 0) is 30.9 Å². The highest BCUT2D eigenvalue weighted by Gasteiger charge is 2.31. The number of nitrogens with one attached hydrogen (secondary N) is 1. The van der Waals surface area contributed by atoms with Crippen molar-refractivity contribution < 1.29 is 9.72 Å². The summed E-state index contributed by atoms with van der Waals surface area (Å²) in [5.74, 6) is 0.334. The van der Waals surface area contributed by atoms with E-state index in [0.29, 0.717) is 13.1 Å². The van der Waals surface area contributed by atoms with Crippen LogP contribution in [0.25, 0.3) is 0 Å². The number of hydrogen-bond donors (Lipinski definition) is 2. The SMILES string of the molecule is NC[C@H]1CCC[C@H]1C(=O)NCc1ccc([N+](=O)[O-])cc1. The van der Waals surface area contributed by atoms with E-state index in [0.717, 1.165) is 24.8 Å². The molecule has 0 spiro atoms. The summed E-state index contributed by atoms with van der Waals surface area (Å²) in [6, 6.07) is 6.21. The molecule has 1 saturated carbocycles. The van der Waals surface area contributed by atoms with Gasteiger partial charge in [0.2, 0.25) is 5.91 Å². The summed E-state index contributed by atoms with van der Waals surface area (Å²) in [4.78, 5) is 22.2. The standard InChI is InChI=1S/C14H19N3O3/c15-8-11-2-1-3-13(11)14(18)16-9-10-4-6-12(7-5-10)17(19)20/h4-7,11,13H,1-3,8-9,15H2,(H,16,18)/t11-,13-/m1/s1. The van der Waals surface area contributed by atoms with E-state index < -0.39 is 4.92 Å². The second kappa shape index (κ2) is 6.47. The summed E-state index contributed by atoms with van der Waals surface area (Å²) < 4.78 is 0. The van der Waals surface area contributed by atoms with Crippen molar-refractivity contribution in [1.29, 1.82) is 0 Å². The van der Waals surface area contributed by atoms with Crippen molar-refractivity contribution in [1.82, 2.24) is 5.32 Å². The molecule has 0 unspecified atom stereocenters. The van der Waals surface area contributed by atoms with Gasteiger partial charge in [-0.3, -0.25) is 14.9 Å². The van der Waals surface area contributed by atoms with Crippen molar-refractivity contribution in [2.75, 3.05) is 6.54 Å². The van der Waals surface area contributed by atoms with Crippen molar-refractivity contribution in [2.45, 2.75) is 25.8 Å². The Balaban J connectivity index is 1.88. The van der Waals surface area contributed by atoms with E-state index in [-0.39, 0.29) is 23.4 Å². The lowest BCUT2D eigenvalue weighted by molar-refractivity contribution is -0.384. The minimum atomic E-state index is -0.438. The molecule has 0 aliphatic heterocycles. The maximum absolute atomic E-state index is 12.1. The summed E-state index contributed by atoms with van der Waals surface area (Å²) >= 11 is 0. The van der Waals surface area contributed by atoms with Crippen LogP contribution in [-0.4, -0.2) is 17.4 Å². The molecule has 1 amide bonds. The van der Waals surface area contributed by atoms with Crippen LogP contribution in [0.4, 0.5) is 5.69 Å². The molecule has 2 atom stereocenters. The maximum Gasteiger partial charge on any atom is 0.269 e. The number of nitro groups is 1. The lowest BCUT2D eigenvalue weighted by atomic mass is 9.95. The van der Waals surface area contributed by atoms with Gasteiger partial charge in [0, 0.05) is 24.6 Å². The second-order valence-corrected chi connectivity index (χ2v) is 5.17. The van der Waals surface area contributed by atoms with E-state index in [1.165, 1.54) is 12.1 Å². The van der Waals surface area contributed by atoms with Crippen LogP contribution in [0.5, 0.6) is 0 Å². The highest BCUT2D eigenvalue weighted by Crippen LogP contribution is 2.30. The number of carbonyl (C=O) groups is 1. The molecule has 0 radical (unpaired) electrons. The van der Waals surface area contributed by atoms with Crippen molar-refractivity contribution >= 4 is 11.6 Å². The van der Waals surface area contributed by atoms with E-state index in [1.807, 2.05) is 0 Å². The van der Waals surface area contributed by atoms with Crippen LogP contribution in [-0.2, 0) is 11.3 Å². The lowest BCUT2D eigenvalue weighted by Gasteiger charge is -2.17. The summed E-state index contributed by atoms with van der Waals surface area (Å²) in [5, 5.41) is 13.4. The number of nitrogens with zero attached hydrogens (tertiary/aromatic N) is 1. The summed E-state index contributed by atoms with van der Waals surface area (Å²) in [6.45, 7) is 0.945. The van der Waals surface area contributed by atoms with Crippen molar-refractivity contribution in [3.63, 3.8) is 0 Å². The predicted molar refractivity (Wildman–Crippen MR) is 74.8 cm³/mol. The molecule has 1 fully saturated rings. The lowest BCUT2D eigenvalue weighted by Crippen LogP contribution is -2.34. The van der Waals surface area contributed by atoms with Crippen molar-refractivity contribution in [2.24, 2.45) is 17.6 Å². The van der Waals surface area contributed by atoms with E-state index >= 15 is 0 Å². The van der Waals surface area contributed by atoms with E-state index in [9.17, 15) is 14.9 Å². The minimum Gasteiger partial charge on any atom is -0.352 e. The number of nitro benzene ring substituents is 1. The van der Waals surface area contributed by atoms with Crippen LogP contribution >= 0.6 is 0 Å². The van der Waals surface area contributed by atoms with Gasteiger partial charge < -0.3 is 11.1 Å². The predicted octanol–water partition coefficient (Wildman–Crippen LogP) is 1.59. The molecule has 6 nitrogen and oxygen atoms in total. The normalized spacial score (nSPS) is 21.6. The van der Waals surface area contributed by atoms with Crippen molar-refractivity contribution in [3.8, 4) is 0 Å². The second-order valence-electron chi connectivity index (χ2n) is 5.17. The Morgan fingerprint density at radius 1 is 1.35 bits per heavy atom. The topological polar surface area (TPSA) is 98.3 Å². The fourth-order valence-electron chi connectivity index (χ4n) is 2.72. The first-order valence-corrected chi connectivity index (χ1v) is 6.83. The Labute approximate surface area is 117 Å². The Morgan fingerprint density at radius 3 is 2.65 bits per heavy atom. The first-order valence-electron chi connectivity index (χ1n) is 6.83. The summed E-state index contributed by atoms with van der Waals surface area (Å²) in [6.07, 6.45) is 2.97. The van der Waals surface area contributed by atoms with Gasteiger partial charge in [0.1, 0.15) is 0 Å². The molecule has 0 bridgehead atoms. The third kappa shape index (κ3) is 3.33. The Morgan fingerprint density at radius 2 is 2.05 bits per heavy atom. The highest BCUT2D eigenvalue weighted by atomic mass is 16.6. The number of non-ortho nitro benzene ring substituents is 1. The van der Waals surface area contributed by atoms with Crippen molar-refractivity contribution in [3.05, 3.63) is 39.9 Å². The molecule has 3 N–H and O–H groups in total. The van der Waals surface area contributed by atoms with Gasteiger partial charge in [-0.25, -0.2) is 0 Å². The Hall–Kier alpha value is -1.95. The summed E-state index contributed by atoms with van der Waals surface area (Å²) in [5.41, 5.74) is 6.58. The van der Waals surface area contributed by atoms with Gasteiger partial charge in [0.05, 0.1) is 4.92 Å². The highest BCUT2D eigenvalue weighted by molar-refractivity contribution is 5.79. The van der Waals surface area contributed by atoms with Gasteiger partial charge in [-0.1, -0.05) is 18.6 Å². The first kappa shape index (κ1) is 14.5. The molecule has 6 heteroatoms. The quantitative estimate of drug-likeness (QED) is 0.630. The number of hydrogen-bond acceptors (Lipinski definition) is 4. The molecule has 1 aromatic rings. The van der Waals surface area contributed by atoms with E-state index in [4.69, 9.17) is 5.73 Å². The van der Waals surface area contributed by atoms with Gasteiger partial charge in [0.15, 0.2) is 0 Å². The number of rotatable bonds is 5. The van der Waals surface area contributed by atoms with Crippen LogP contribution in [0.15, 0.2) is 24.3 Å². The molecule has 0 aromatic heterocycles. The maximum atomic E-state index is 12.1. The number of amides is 1.